The highest BCUT2D eigenvalue weighted by atomic mass is 19.1. The lowest BCUT2D eigenvalue weighted by Gasteiger charge is -2.21. The highest BCUT2D eigenvalue weighted by Crippen LogP contribution is 2.41. The second-order valence-corrected chi connectivity index (χ2v) is 7.43. The lowest BCUT2D eigenvalue weighted by Crippen LogP contribution is -2.16. The molecule has 0 radical (unpaired) electrons. The summed E-state index contributed by atoms with van der Waals surface area (Å²) in [4.78, 5) is 10.8. The van der Waals surface area contributed by atoms with Crippen LogP contribution < -0.4 is 24.4 Å². The molecule has 1 aliphatic heterocycles. The van der Waals surface area contributed by atoms with Crippen LogP contribution in [0.25, 0.3) is 11.3 Å². The fourth-order valence-corrected chi connectivity index (χ4v) is 3.48. The van der Waals surface area contributed by atoms with Gasteiger partial charge in [-0.05, 0) is 6.92 Å². The fourth-order valence-electron chi connectivity index (χ4n) is 3.48. The number of aromatic amines is 1. The first-order valence-corrected chi connectivity index (χ1v) is 10.00. The molecule has 3 aromatic heterocycles. The second-order valence-electron chi connectivity index (χ2n) is 7.43. The SMILES string of the molecule is COc1c(Nc2cc(C)[nH]n2)nc(N(C)c2cc3c(cc2F)OCO3)nc1-c1cnn(C)c1. The predicted molar refractivity (Wildman–Crippen MR) is 118 cm³/mol. The first-order valence-electron chi connectivity index (χ1n) is 10.00. The Balaban J connectivity index is 1.64. The van der Waals surface area contributed by atoms with E-state index in [1.165, 1.54) is 18.1 Å². The standard InChI is InChI=1S/C21H21FN8O3/c1-11-5-17(28-27-11)24-20-19(31-4)18(12-8-23-29(2)9-12)25-21(26-20)30(3)14-7-16-15(6-13(14)22)32-10-33-16/h5-9H,10H2,1-4H3,(H2,24,25,26,27,28). The summed E-state index contributed by atoms with van der Waals surface area (Å²) in [6, 6.07) is 4.66. The molecule has 0 saturated carbocycles. The van der Waals surface area contributed by atoms with Gasteiger partial charge in [0.05, 0.1) is 19.0 Å². The molecule has 2 N–H and O–H groups in total. The lowest BCUT2D eigenvalue weighted by molar-refractivity contribution is 0.174. The highest BCUT2D eigenvalue weighted by Gasteiger charge is 2.24. The van der Waals surface area contributed by atoms with E-state index in [9.17, 15) is 4.39 Å². The number of nitrogens with one attached hydrogen (secondary N) is 2. The molecular weight excluding hydrogens is 431 g/mol. The van der Waals surface area contributed by atoms with Crippen LogP contribution in [0.15, 0.2) is 30.6 Å². The molecule has 0 fully saturated rings. The molecule has 170 valence electrons. The van der Waals surface area contributed by atoms with Gasteiger partial charge in [-0.25, -0.2) is 9.37 Å². The van der Waals surface area contributed by atoms with E-state index >= 15 is 0 Å². The van der Waals surface area contributed by atoms with Crippen LogP contribution in [0.1, 0.15) is 5.69 Å². The fraction of sp³-hybridized carbons (Fsp3) is 0.238. The topological polar surface area (TPSA) is 115 Å². The molecule has 0 amide bonds. The van der Waals surface area contributed by atoms with Crippen LogP contribution >= 0.6 is 0 Å². The monoisotopic (exact) mass is 452 g/mol. The zero-order chi connectivity index (χ0) is 23.1. The van der Waals surface area contributed by atoms with E-state index in [0.29, 0.717) is 40.1 Å². The van der Waals surface area contributed by atoms with E-state index in [2.05, 4.69) is 30.6 Å². The number of anilines is 4. The van der Waals surface area contributed by atoms with Crippen LogP contribution in [0.4, 0.5) is 27.7 Å². The van der Waals surface area contributed by atoms with Crippen LogP contribution in [0.5, 0.6) is 17.2 Å². The average Bonchev–Trinajstić information content (AvgIpc) is 3.53. The minimum Gasteiger partial charge on any atom is -0.491 e. The molecule has 5 rings (SSSR count). The summed E-state index contributed by atoms with van der Waals surface area (Å²) in [5, 5.41) is 14.5. The van der Waals surface area contributed by atoms with E-state index in [1.54, 1.807) is 37.2 Å². The predicted octanol–water partition coefficient (Wildman–Crippen LogP) is 3.30. The average molecular weight is 452 g/mol. The number of aromatic nitrogens is 6. The molecule has 0 saturated heterocycles. The van der Waals surface area contributed by atoms with E-state index in [1.807, 2.05) is 13.0 Å². The largest absolute Gasteiger partial charge is 0.491 e. The number of fused-ring (bicyclic) bond motifs is 1. The Bertz CT molecular complexity index is 1340. The van der Waals surface area contributed by atoms with Crippen LogP contribution in [-0.2, 0) is 7.05 Å². The summed E-state index contributed by atoms with van der Waals surface area (Å²) in [5.41, 5.74) is 2.29. The number of halogens is 1. The summed E-state index contributed by atoms with van der Waals surface area (Å²) < 4.78 is 32.9. The number of aryl methyl sites for hydroxylation is 2. The Morgan fingerprint density at radius 3 is 2.67 bits per heavy atom. The molecule has 4 heterocycles. The first-order chi connectivity index (χ1) is 15.9. The Hall–Kier alpha value is -4.35. The van der Waals surface area contributed by atoms with Gasteiger partial charge >= 0.3 is 0 Å². The van der Waals surface area contributed by atoms with Crippen molar-refractivity contribution in [2.75, 3.05) is 31.2 Å². The number of ether oxygens (including phenoxy) is 3. The van der Waals surface area contributed by atoms with Gasteiger partial charge < -0.3 is 24.4 Å². The van der Waals surface area contributed by atoms with Gasteiger partial charge in [-0.1, -0.05) is 0 Å². The normalized spacial score (nSPS) is 12.2. The number of nitrogens with zero attached hydrogens (tertiary/aromatic N) is 6. The second kappa shape index (κ2) is 7.97. The van der Waals surface area contributed by atoms with E-state index < -0.39 is 5.82 Å². The maximum absolute atomic E-state index is 14.9. The van der Waals surface area contributed by atoms with Crippen LogP contribution in [0.3, 0.4) is 0 Å². The van der Waals surface area contributed by atoms with E-state index in [0.717, 1.165) is 5.69 Å². The smallest absolute Gasteiger partial charge is 0.232 e. The summed E-state index contributed by atoms with van der Waals surface area (Å²) in [6.45, 7) is 1.93. The van der Waals surface area contributed by atoms with Gasteiger partial charge in [0.15, 0.2) is 34.7 Å². The van der Waals surface area contributed by atoms with Gasteiger partial charge in [0.1, 0.15) is 5.69 Å². The lowest BCUT2D eigenvalue weighted by atomic mass is 10.2. The summed E-state index contributed by atoms with van der Waals surface area (Å²) in [6.07, 6.45) is 3.47. The molecule has 0 unspecified atom stereocenters. The van der Waals surface area contributed by atoms with Crippen molar-refractivity contribution in [1.82, 2.24) is 29.9 Å². The minimum absolute atomic E-state index is 0.0449. The number of hydrogen-bond donors (Lipinski definition) is 2. The zero-order valence-corrected chi connectivity index (χ0v) is 18.4. The van der Waals surface area contributed by atoms with Crippen molar-refractivity contribution < 1.29 is 18.6 Å². The molecule has 4 aromatic rings. The van der Waals surface area contributed by atoms with Crippen molar-refractivity contribution in [2.24, 2.45) is 7.05 Å². The number of hydrogen-bond acceptors (Lipinski definition) is 9. The Morgan fingerprint density at radius 2 is 2.00 bits per heavy atom. The van der Waals surface area contributed by atoms with Gasteiger partial charge in [-0.3, -0.25) is 9.78 Å². The maximum Gasteiger partial charge on any atom is 0.232 e. The first kappa shape index (κ1) is 20.5. The quantitative estimate of drug-likeness (QED) is 0.455. The van der Waals surface area contributed by atoms with Crippen LogP contribution in [-0.4, -0.2) is 50.9 Å². The van der Waals surface area contributed by atoms with Gasteiger partial charge in [0.2, 0.25) is 12.7 Å². The van der Waals surface area contributed by atoms with E-state index in [4.69, 9.17) is 14.2 Å². The Kier molecular flexibility index (Phi) is 4.96. The molecule has 1 aliphatic rings. The number of benzene rings is 1. The number of H-pyrrole nitrogens is 1. The molecule has 0 aliphatic carbocycles. The molecule has 0 atom stereocenters. The molecule has 1 aromatic carbocycles. The van der Waals surface area contributed by atoms with Crippen molar-refractivity contribution in [2.45, 2.75) is 6.92 Å². The minimum atomic E-state index is -0.499. The van der Waals surface area contributed by atoms with Crippen molar-refractivity contribution in [1.29, 1.82) is 0 Å². The number of rotatable bonds is 6. The van der Waals surface area contributed by atoms with Crippen molar-refractivity contribution in [3.63, 3.8) is 0 Å². The number of methoxy groups -OCH3 is 1. The van der Waals surface area contributed by atoms with Crippen LogP contribution in [0.2, 0.25) is 0 Å². The highest BCUT2D eigenvalue weighted by molar-refractivity contribution is 5.77. The van der Waals surface area contributed by atoms with E-state index in [-0.39, 0.29) is 18.4 Å². The Labute approximate surface area is 188 Å². The third kappa shape index (κ3) is 3.75. The van der Waals surface area contributed by atoms with Gasteiger partial charge in [-0.2, -0.15) is 15.2 Å². The maximum atomic E-state index is 14.9. The molecular formula is C21H21FN8O3. The summed E-state index contributed by atoms with van der Waals surface area (Å²) in [7, 11) is 5.00. The van der Waals surface area contributed by atoms with Crippen LogP contribution in [0, 0.1) is 12.7 Å². The van der Waals surface area contributed by atoms with Gasteiger partial charge in [0.25, 0.3) is 0 Å². The molecule has 0 spiro atoms. The Morgan fingerprint density at radius 1 is 1.21 bits per heavy atom. The molecule has 33 heavy (non-hydrogen) atoms. The third-order valence-electron chi connectivity index (χ3n) is 5.09. The molecule has 11 nitrogen and oxygen atoms in total. The van der Waals surface area contributed by atoms with Gasteiger partial charge in [-0.15, -0.1) is 0 Å². The van der Waals surface area contributed by atoms with Crippen molar-refractivity contribution in [3.05, 3.63) is 42.1 Å². The summed E-state index contributed by atoms with van der Waals surface area (Å²) in [5.74, 6) is 1.83. The third-order valence-corrected chi connectivity index (χ3v) is 5.09. The molecule has 0 bridgehead atoms. The van der Waals surface area contributed by atoms with Crippen molar-refractivity contribution in [3.8, 4) is 28.5 Å². The molecule has 12 heteroatoms. The van der Waals surface area contributed by atoms with Crippen molar-refractivity contribution >= 4 is 23.3 Å². The zero-order valence-electron chi connectivity index (χ0n) is 18.4. The summed E-state index contributed by atoms with van der Waals surface area (Å²) >= 11 is 0. The van der Waals surface area contributed by atoms with Gasteiger partial charge in [0, 0.05) is 49.7 Å².